The van der Waals surface area contributed by atoms with Gasteiger partial charge in [0.2, 0.25) is 5.91 Å². The molecule has 0 atom stereocenters. The fraction of sp³-hybridized carbons (Fsp3) is 0.0833. The molecular weight excluding hydrogens is 376 g/mol. The number of aliphatic imine (C=N–C) groups is 1. The Balaban J connectivity index is 1.59. The largest absolute Gasteiger partial charge is 0.348 e. The molecule has 1 aliphatic heterocycles. The lowest BCUT2D eigenvalue weighted by Crippen LogP contribution is -2.23. The topological polar surface area (TPSA) is 94.3 Å². The van der Waals surface area contributed by atoms with Gasteiger partial charge in [-0.15, -0.1) is 0 Å². The van der Waals surface area contributed by atoms with E-state index in [1.54, 1.807) is 36.4 Å². The number of hydrogen-bond acceptors (Lipinski definition) is 4. The molecule has 0 saturated heterocycles. The molecule has 1 aliphatic rings. The van der Waals surface area contributed by atoms with Crippen LogP contribution < -0.4 is 10.6 Å². The Kier molecular flexibility index (Phi) is 5.35. The van der Waals surface area contributed by atoms with E-state index in [4.69, 9.17) is 5.26 Å². The third kappa shape index (κ3) is 4.26. The highest BCUT2D eigenvalue weighted by Gasteiger charge is 2.19. The van der Waals surface area contributed by atoms with E-state index >= 15 is 0 Å². The van der Waals surface area contributed by atoms with Gasteiger partial charge in [0, 0.05) is 12.1 Å². The van der Waals surface area contributed by atoms with Crippen molar-refractivity contribution in [1.82, 2.24) is 5.32 Å². The second kappa shape index (κ2) is 8.41. The zero-order valence-electron chi connectivity index (χ0n) is 16.1. The van der Waals surface area contributed by atoms with Crippen LogP contribution in [0.25, 0.3) is 0 Å². The Labute approximate surface area is 173 Å². The molecule has 30 heavy (non-hydrogen) atoms. The van der Waals surface area contributed by atoms with Gasteiger partial charge in [-0.3, -0.25) is 14.6 Å². The van der Waals surface area contributed by atoms with E-state index in [1.807, 2.05) is 36.4 Å². The van der Waals surface area contributed by atoms with Crippen molar-refractivity contribution in [3.05, 3.63) is 95.1 Å². The molecule has 3 aromatic carbocycles. The lowest BCUT2D eigenvalue weighted by Gasteiger charge is -2.09. The Morgan fingerprint density at radius 2 is 1.90 bits per heavy atom. The van der Waals surface area contributed by atoms with Crippen LogP contribution in [0, 0.1) is 11.3 Å². The highest BCUT2D eigenvalue weighted by Crippen LogP contribution is 2.30. The van der Waals surface area contributed by atoms with E-state index in [2.05, 4.69) is 21.7 Å². The number of benzene rings is 3. The summed E-state index contributed by atoms with van der Waals surface area (Å²) in [6.07, 6.45) is 0.0824. The summed E-state index contributed by atoms with van der Waals surface area (Å²) in [4.78, 5) is 29.6. The van der Waals surface area contributed by atoms with Gasteiger partial charge in [-0.2, -0.15) is 5.26 Å². The molecule has 2 amide bonds. The lowest BCUT2D eigenvalue weighted by atomic mass is 10.0. The predicted molar refractivity (Wildman–Crippen MR) is 115 cm³/mol. The summed E-state index contributed by atoms with van der Waals surface area (Å²) in [6.45, 7) is 0.417. The maximum Gasteiger partial charge on any atom is 0.251 e. The third-order valence-corrected chi connectivity index (χ3v) is 4.74. The monoisotopic (exact) mass is 394 g/mol. The fourth-order valence-corrected chi connectivity index (χ4v) is 3.22. The minimum absolute atomic E-state index is 0.0824. The second-order valence-corrected chi connectivity index (χ2v) is 6.88. The molecule has 0 fully saturated rings. The number of anilines is 1. The van der Waals surface area contributed by atoms with Crippen LogP contribution in [0.15, 0.2) is 77.8 Å². The first-order valence-corrected chi connectivity index (χ1v) is 9.46. The zero-order chi connectivity index (χ0) is 20.9. The molecule has 4 rings (SSSR count). The second-order valence-electron chi connectivity index (χ2n) is 6.88. The van der Waals surface area contributed by atoms with Gasteiger partial charge in [0.05, 0.1) is 35.1 Å². The molecule has 1 heterocycles. The summed E-state index contributed by atoms with van der Waals surface area (Å²) in [7, 11) is 0. The minimum atomic E-state index is -0.230. The highest BCUT2D eigenvalue weighted by atomic mass is 16.2. The number of carbonyl (C=O) groups excluding carboxylic acids is 2. The van der Waals surface area contributed by atoms with Crippen molar-refractivity contribution >= 4 is 28.9 Å². The Bertz CT molecular complexity index is 1190. The predicted octanol–water partition coefficient (Wildman–Crippen LogP) is 3.95. The van der Waals surface area contributed by atoms with Gasteiger partial charge >= 0.3 is 0 Å². The van der Waals surface area contributed by atoms with Gasteiger partial charge in [-0.1, -0.05) is 42.5 Å². The maximum atomic E-state index is 12.5. The molecule has 0 aliphatic carbocycles. The van der Waals surface area contributed by atoms with Crippen LogP contribution in [0.2, 0.25) is 0 Å². The average molecular weight is 394 g/mol. The molecular formula is C24H18N4O2. The molecule has 0 unspecified atom stereocenters. The van der Waals surface area contributed by atoms with Crippen LogP contribution >= 0.6 is 0 Å². The Hall–Kier alpha value is -4.24. The molecule has 0 spiro atoms. The lowest BCUT2D eigenvalue weighted by molar-refractivity contribution is -0.115. The summed E-state index contributed by atoms with van der Waals surface area (Å²) in [5, 5.41) is 14.8. The standard InChI is InChI=1S/C24H18N4O2/c25-14-17-7-4-8-18(11-17)21-13-23(29)28-22-12-19(9-10-20(22)27-21)24(30)26-15-16-5-2-1-3-6-16/h1-12H,13,15H2,(H,26,30)(H,28,29). The molecule has 3 aromatic rings. The van der Waals surface area contributed by atoms with Crippen molar-refractivity contribution in [1.29, 1.82) is 5.26 Å². The van der Waals surface area contributed by atoms with Gasteiger partial charge < -0.3 is 10.6 Å². The zero-order valence-corrected chi connectivity index (χ0v) is 16.1. The van der Waals surface area contributed by atoms with E-state index in [1.165, 1.54) is 0 Å². The SMILES string of the molecule is N#Cc1cccc(C2=Nc3ccc(C(=O)NCc4ccccc4)cc3NC(=O)C2)c1. The van der Waals surface area contributed by atoms with Gasteiger partial charge in [-0.25, -0.2) is 0 Å². The number of hydrogen-bond donors (Lipinski definition) is 2. The summed E-state index contributed by atoms with van der Waals surface area (Å²) in [5.41, 5.74) is 4.30. The molecule has 0 aromatic heterocycles. The number of rotatable bonds is 4. The van der Waals surface area contributed by atoms with Crippen LogP contribution in [-0.4, -0.2) is 17.5 Å². The van der Waals surface area contributed by atoms with E-state index in [-0.39, 0.29) is 18.2 Å². The Morgan fingerprint density at radius 3 is 2.70 bits per heavy atom. The number of nitrogens with zero attached hydrogens (tertiary/aromatic N) is 2. The maximum absolute atomic E-state index is 12.5. The van der Waals surface area contributed by atoms with Crippen molar-refractivity contribution < 1.29 is 9.59 Å². The van der Waals surface area contributed by atoms with Crippen LogP contribution in [0.4, 0.5) is 11.4 Å². The quantitative estimate of drug-likeness (QED) is 0.701. The summed E-state index contributed by atoms with van der Waals surface area (Å²) < 4.78 is 0. The van der Waals surface area contributed by atoms with Gasteiger partial charge in [0.15, 0.2) is 0 Å². The summed E-state index contributed by atoms with van der Waals surface area (Å²) in [5.74, 6) is -0.456. The van der Waals surface area contributed by atoms with E-state index in [0.29, 0.717) is 34.8 Å². The molecule has 0 saturated carbocycles. The highest BCUT2D eigenvalue weighted by molar-refractivity contribution is 6.17. The van der Waals surface area contributed by atoms with Crippen molar-refractivity contribution in [3.8, 4) is 6.07 Å². The van der Waals surface area contributed by atoms with E-state index in [0.717, 1.165) is 11.1 Å². The van der Waals surface area contributed by atoms with Crippen molar-refractivity contribution in [3.63, 3.8) is 0 Å². The van der Waals surface area contributed by atoms with Gasteiger partial charge in [-0.05, 0) is 41.5 Å². The Morgan fingerprint density at radius 1 is 1.07 bits per heavy atom. The van der Waals surface area contributed by atoms with Crippen LogP contribution in [0.1, 0.15) is 33.5 Å². The summed E-state index contributed by atoms with van der Waals surface area (Å²) >= 11 is 0. The molecule has 146 valence electrons. The number of carbonyl (C=O) groups is 2. The first-order valence-electron chi connectivity index (χ1n) is 9.46. The first kappa shape index (κ1) is 19.1. The normalized spacial score (nSPS) is 12.6. The first-order chi connectivity index (χ1) is 14.6. The molecule has 2 N–H and O–H groups in total. The third-order valence-electron chi connectivity index (χ3n) is 4.74. The van der Waals surface area contributed by atoms with Crippen molar-refractivity contribution in [2.75, 3.05) is 5.32 Å². The molecule has 6 heteroatoms. The average Bonchev–Trinajstić information content (AvgIpc) is 2.95. The molecule has 0 radical (unpaired) electrons. The number of amides is 2. The molecule has 6 nitrogen and oxygen atoms in total. The summed E-state index contributed by atoms with van der Waals surface area (Å²) in [6, 6.07) is 23.8. The van der Waals surface area contributed by atoms with Crippen LogP contribution in [0.5, 0.6) is 0 Å². The van der Waals surface area contributed by atoms with Gasteiger partial charge in [0.1, 0.15) is 0 Å². The number of nitriles is 1. The van der Waals surface area contributed by atoms with E-state index in [9.17, 15) is 9.59 Å². The van der Waals surface area contributed by atoms with E-state index < -0.39 is 0 Å². The van der Waals surface area contributed by atoms with Crippen LogP contribution in [0.3, 0.4) is 0 Å². The van der Waals surface area contributed by atoms with Crippen molar-refractivity contribution in [2.24, 2.45) is 4.99 Å². The van der Waals surface area contributed by atoms with Gasteiger partial charge in [0.25, 0.3) is 5.91 Å². The fourth-order valence-electron chi connectivity index (χ4n) is 3.22. The number of nitrogens with one attached hydrogen (secondary N) is 2. The minimum Gasteiger partial charge on any atom is -0.348 e. The number of fused-ring (bicyclic) bond motifs is 1. The molecule has 0 bridgehead atoms. The smallest absolute Gasteiger partial charge is 0.251 e. The van der Waals surface area contributed by atoms with Crippen LogP contribution in [-0.2, 0) is 11.3 Å². The van der Waals surface area contributed by atoms with Crippen molar-refractivity contribution in [2.45, 2.75) is 13.0 Å².